The second-order valence-corrected chi connectivity index (χ2v) is 5.95. The predicted molar refractivity (Wildman–Crippen MR) is 54.4 cm³/mol. The molecule has 0 amide bonds. The molecule has 0 bridgehead atoms. The number of benzene rings is 1. The second-order valence-electron chi connectivity index (χ2n) is 3.19. The third-order valence-corrected chi connectivity index (χ3v) is 3.66. The molecule has 0 aromatic heterocycles. The third kappa shape index (κ3) is 2.96. The number of carbonyl (C=O) groups is 1. The van der Waals surface area contributed by atoms with Gasteiger partial charge in [-0.15, -0.1) is 0 Å². The van der Waals surface area contributed by atoms with Crippen molar-refractivity contribution in [1.82, 2.24) is 0 Å². The Labute approximate surface area is 84.2 Å². The van der Waals surface area contributed by atoms with Gasteiger partial charge < -0.3 is 9.90 Å². The van der Waals surface area contributed by atoms with Crippen LogP contribution in [0.5, 0.6) is 0 Å². The summed E-state index contributed by atoms with van der Waals surface area (Å²) in [7, 11) is -2.84. The molecular formula is C10H12O3S. The minimum atomic E-state index is -2.84. The van der Waals surface area contributed by atoms with E-state index in [4.69, 9.17) is 0 Å². The molecule has 1 atom stereocenters. The van der Waals surface area contributed by atoms with Crippen molar-refractivity contribution in [3.05, 3.63) is 35.9 Å². The van der Waals surface area contributed by atoms with E-state index < -0.39 is 15.2 Å². The van der Waals surface area contributed by atoms with Gasteiger partial charge in [0.2, 0.25) is 0 Å². The molecule has 0 aliphatic heterocycles. The highest BCUT2D eigenvalue weighted by Gasteiger charge is 2.23. The number of rotatable bonds is 3. The first-order valence-corrected chi connectivity index (χ1v) is 6.38. The molecule has 0 aliphatic carbocycles. The van der Waals surface area contributed by atoms with Gasteiger partial charge in [0.05, 0.1) is 0 Å². The highest BCUT2D eigenvalue weighted by Crippen LogP contribution is 2.06. The molecule has 0 saturated heterocycles. The van der Waals surface area contributed by atoms with Gasteiger partial charge in [-0.2, -0.15) is 0 Å². The number of hydrogen-bond acceptors (Lipinski definition) is 3. The highest BCUT2D eigenvalue weighted by atomic mass is 32.2. The molecule has 0 N–H and O–H groups in total. The van der Waals surface area contributed by atoms with Crippen LogP contribution < -0.4 is 5.11 Å². The van der Waals surface area contributed by atoms with Crippen molar-refractivity contribution >= 4 is 15.2 Å². The highest BCUT2D eigenvalue weighted by molar-refractivity contribution is 8.15. The summed E-state index contributed by atoms with van der Waals surface area (Å²) in [5.74, 6) is 0.138. The molecule has 1 unspecified atom stereocenters. The van der Waals surface area contributed by atoms with Crippen LogP contribution in [0.2, 0.25) is 0 Å². The summed E-state index contributed by atoms with van der Waals surface area (Å²) < 4.78 is 11.4. The number of aryl methyl sites for hydroxylation is 1. The van der Waals surface area contributed by atoms with Crippen molar-refractivity contribution in [3.63, 3.8) is 0 Å². The maximum absolute atomic E-state index is 11.4. The van der Waals surface area contributed by atoms with Gasteiger partial charge in [-0.25, -0.2) is 0 Å². The van der Waals surface area contributed by atoms with Crippen molar-refractivity contribution in [2.45, 2.75) is 6.42 Å². The Kier molecular flexibility index (Phi) is 3.41. The minimum Gasteiger partial charge on any atom is -0.504 e. The van der Waals surface area contributed by atoms with E-state index in [0.29, 0.717) is 6.42 Å². The fourth-order valence-corrected chi connectivity index (χ4v) is 1.83. The smallest absolute Gasteiger partial charge is 0.275 e. The van der Waals surface area contributed by atoms with E-state index in [2.05, 4.69) is 0 Å². The molecule has 3 nitrogen and oxygen atoms in total. The quantitative estimate of drug-likeness (QED) is 0.693. The average Bonchev–Trinajstić information content (AvgIpc) is 2.16. The normalized spacial score (nSPS) is 14.6. The lowest BCUT2D eigenvalue weighted by atomic mass is 10.2. The first-order valence-electron chi connectivity index (χ1n) is 4.24. The van der Waals surface area contributed by atoms with Crippen LogP contribution >= 0.6 is 0 Å². The average molecular weight is 212 g/mol. The molecule has 0 aliphatic rings. The van der Waals surface area contributed by atoms with Gasteiger partial charge in [0, 0.05) is 6.42 Å². The fraction of sp³-hybridized carbons (Fsp3) is 0.300. The zero-order valence-electron chi connectivity index (χ0n) is 7.93. The van der Waals surface area contributed by atoms with Crippen LogP contribution in [0, 0.1) is 0 Å². The van der Waals surface area contributed by atoms with Crippen molar-refractivity contribution in [1.29, 1.82) is 0 Å². The summed E-state index contributed by atoms with van der Waals surface area (Å²) in [5.41, 5.74) is 0.989. The summed E-state index contributed by atoms with van der Waals surface area (Å²) in [5, 5.41) is 9.01. The molecule has 76 valence electrons. The zero-order valence-corrected chi connectivity index (χ0v) is 8.75. The monoisotopic (exact) mass is 212 g/mol. The summed E-state index contributed by atoms with van der Waals surface area (Å²) in [4.78, 5) is 10.5. The maximum atomic E-state index is 11.4. The van der Waals surface area contributed by atoms with Crippen LogP contribution in [-0.2, 0) is 20.6 Å². The Morgan fingerprint density at radius 2 is 1.93 bits per heavy atom. The summed E-state index contributed by atoms with van der Waals surface area (Å²) in [6.07, 6.45) is 1.73. The Bertz CT molecular complexity index is 359. The SMILES string of the molecule is C[S+](=O)(CCc1ccccc1)C(=O)[O-]. The van der Waals surface area contributed by atoms with E-state index in [1.165, 1.54) is 6.26 Å². The zero-order chi connectivity index (χ0) is 10.6. The molecule has 14 heavy (non-hydrogen) atoms. The maximum Gasteiger partial charge on any atom is 0.275 e. The molecule has 1 rings (SSSR count). The lowest BCUT2D eigenvalue weighted by Crippen LogP contribution is -2.36. The van der Waals surface area contributed by atoms with Gasteiger partial charge in [0.15, 0.2) is 0 Å². The number of carboxylic acid groups (broad SMARTS) is 1. The molecule has 0 fully saturated rings. The van der Waals surface area contributed by atoms with Crippen LogP contribution in [0.15, 0.2) is 30.3 Å². The van der Waals surface area contributed by atoms with Gasteiger partial charge in [0.25, 0.3) is 5.30 Å². The summed E-state index contributed by atoms with van der Waals surface area (Å²) in [6.45, 7) is 0. The van der Waals surface area contributed by atoms with Gasteiger partial charge in [0.1, 0.15) is 21.9 Å². The van der Waals surface area contributed by atoms with E-state index in [9.17, 15) is 14.1 Å². The van der Waals surface area contributed by atoms with Crippen molar-refractivity contribution in [2.24, 2.45) is 0 Å². The first-order chi connectivity index (χ1) is 6.52. The van der Waals surface area contributed by atoms with E-state index in [1.54, 1.807) is 0 Å². The van der Waals surface area contributed by atoms with Gasteiger partial charge in [-0.3, -0.25) is 0 Å². The van der Waals surface area contributed by atoms with Gasteiger partial charge in [-0.1, -0.05) is 34.5 Å². The minimum absolute atomic E-state index is 0.138. The molecule has 1 aromatic rings. The summed E-state index contributed by atoms with van der Waals surface area (Å²) >= 11 is 0. The Balaban J connectivity index is 2.58. The summed E-state index contributed by atoms with van der Waals surface area (Å²) in [6, 6.07) is 9.37. The van der Waals surface area contributed by atoms with Crippen LogP contribution in [-0.4, -0.2) is 17.3 Å². The lowest BCUT2D eigenvalue weighted by Gasteiger charge is -2.06. The topological polar surface area (TPSA) is 57.2 Å². The molecule has 0 saturated carbocycles. The Morgan fingerprint density at radius 3 is 2.43 bits per heavy atom. The van der Waals surface area contributed by atoms with Crippen molar-refractivity contribution in [3.8, 4) is 0 Å². The van der Waals surface area contributed by atoms with Gasteiger partial charge >= 0.3 is 0 Å². The predicted octanol–water partition coefficient (Wildman–Crippen LogP) is 0.702. The van der Waals surface area contributed by atoms with Crippen LogP contribution in [0.4, 0.5) is 4.79 Å². The van der Waals surface area contributed by atoms with E-state index in [1.807, 2.05) is 30.3 Å². The molecule has 1 aromatic carbocycles. The van der Waals surface area contributed by atoms with E-state index in [0.717, 1.165) is 5.56 Å². The molecule has 0 spiro atoms. The lowest BCUT2D eigenvalue weighted by molar-refractivity contribution is -0.233. The van der Waals surface area contributed by atoms with Crippen LogP contribution in [0.25, 0.3) is 0 Å². The van der Waals surface area contributed by atoms with Crippen LogP contribution in [0.3, 0.4) is 0 Å². The Hall–Kier alpha value is -1.16. The van der Waals surface area contributed by atoms with Crippen molar-refractivity contribution < 1.29 is 14.1 Å². The van der Waals surface area contributed by atoms with E-state index in [-0.39, 0.29) is 5.75 Å². The fourth-order valence-electron chi connectivity index (χ4n) is 1.04. The first kappa shape index (κ1) is 10.9. The molecule has 0 radical (unpaired) electrons. The molecule has 0 heterocycles. The second kappa shape index (κ2) is 4.37. The largest absolute Gasteiger partial charge is 0.504 e. The van der Waals surface area contributed by atoms with E-state index >= 15 is 0 Å². The Morgan fingerprint density at radius 1 is 1.36 bits per heavy atom. The molecular weight excluding hydrogens is 200 g/mol. The number of carbonyl (C=O) groups excluding carboxylic acids is 1. The third-order valence-electron chi connectivity index (χ3n) is 1.98. The van der Waals surface area contributed by atoms with Crippen molar-refractivity contribution in [2.75, 3.05) is 12.0 Å². The van der Waals surface area contributed by atoms with Crippen LogP contribution in [0.1, 0.15) is 5.56 Å². The number of hydrogen-bond donors (Lipinski definition) is 0. The van der Waals surface area contributed by atoms with Gasteiger partial charge in [-0.05, 0) is 5.56 Å². The molecule has 4 heteroatoms. The standard InChI is InChI=1S/C10H12O3S/c1-14(13,10(11)12)8-7-9-5-3-2-4-6-9/h2-6H,7-8H2,1H3.